The number of aliphatic hydroxyl groups is 1. The van der Waals surface area contributed by atoms with Gasteiger partial charge in [-0.05, 0) is 36.4 Å². The van der Waals surface area contributed by atoms with E-state index < -0.39 is 66.9 Å². The van der Waals surface area contributed by atoms with E-state index in [0.717, 1.165) is 0 Å². The van der Waals surface area contributed by atoms with Crippen molar-refractivity contribution in [3.05, 3.63) is 108 Å². The number of benzene rings is 3. The van der Waals surface area contributed by atoms with E-state index >= 15 is 0 Å². The standard InChI is InChI=1S/C32H30O11/c33-25-22-16-38-26(25)23(17-37-22)40-32-28(43-31(36)21-14-8-3-9-15-21)27(42-30(35)20-12-6-2-7-13-20)24(41-32)18-39-29(34)19-10-4-1-5-11-19/h1-15,22-28,32-33H,16-18H2/t22-,23+,24-,25+,26+,27-,28+,32+/m1/s1. The number of ether oxygens (including phenoxy) is 7. The highest BCUT2D eigenvalue weighted by atomic mass is 16.8. The number of hydrogen-bond donors (Lipinski definition) is 1. The van der Waals surface area contributed by atoms with Crippen molar-refractivity contribution in [1.82, 2.24) is 0 Å². The lowest BCUT2D eigenvalue weighted by Gasteiger charge is -2.34. The molecule has 11 nitrogen and oxygen atoms in total. The van der Waals surface area contributed by atoms with Crippen molar-refractivity contribution < 1.29 is 52.6 Å². The van der Waals surface area contributed by atoms with E-state index in [-0.39, 0.29) is 30.9 Å². The maximum atomic E-state index is 13.2. The zero-order chi connectivity index (χ0) is 29.8. The number of rotatable bonds is 9. The van der Waals surface area contributed by atoms with Gasteiger partial charge < -0.3 is 38.3 Å². The van der Waals surface area contributed by atoms with Gasteiger partial charge in [-0.15, -0.1) is 0 Å². The molecule has 2 bridgehead atoms. The van der Waals surface area contributed by atoms with E-state index in [0.29, 0.717) is 5.56 Å². The molecule has 3 aromatic rings. The molecule has 0 radical (unpaired) electrons. The average molecular weight is 591 g/mol. The summed E-state index contributed by atoms with van der Waals surface area (Å²) in [5.41, 5.74) is 0.834. The first-order valence-corrected chi connectivity index (χ1v) is 13.9. The van der Waals surface area contributed by atoms with Gasteiger partial charge >= 0.3 is 17.9 Å². The molecule has 1 N–H and O–H groups in total. The van der Waals surface area contributed by atoms with Crippen LogP contribution in [0.4, 0.5) is 0 Å². The van der Waals surface area contributed by atoms with Crippen LogP contribution in [0.2, 0.25) is 0 Å². The molecule has 8 atom stereocenters. The highest BCUT2D eigenvalue weighted by Crippen LogP contribution is 2.34. The minimum atomic E-state index is -1.29. The topological polar surface area (TPSA) is 136 Å². The number of esters is 3. The summed E-state index contributed by atoms with van der Waals surface area (Å²) >= 11 is 0. The van der Waals surface area contributed by atoms with Crippen molar-refractivity contribution in [3.8, 4) is 0 Å². The Labute approximate surface area is 247 Å². The second-order valence-corrected chi connectivity index (χ2v) is 10.3. The Hall–Kier alpha value is -4.13. The maximum absolute atomic E-state index is 13.2. The van der Waals surface area contributed by atoms with Crippen molar-refractivity contribution >= 4 is 17.9 Å². The lowest BCUT2D eigenvalue weighted by Crippen LogP contribution is -2.51. The third kappa shape index (κ3) is 6.46. The van der Waals surface area contributed by atoms with Crippen molar-refractivity contribution in [3.63, 3.8) is 0 Å². The van der Waals surface area contributed by atoms with E-state index in [1.54, 1.807) is 91.0 Å². The SMILES string of the molecule is O=C(OC[C@H]1O[C@H](O[C@H]2CO[C@@H]3CO[C@@H]2[C@H]3O)[C@@H](OC(=O)c2ccccc2)[C@@H]1OC(=O)c1ccccc1)c1ccccc1. The molecule has 3 saturated heterocycles. The van der Waals surface area contributed by atoms with Crippen LogP contribution in [0.15, 0.2) is 91.0 Å². The number of aliphatic hydroxyl groups excluding tert-OH is 1. The predicted octanol–water partition coefficient (Wildman–Crippen LogP) is 2.56. The smallest absolute Gasteiger partial charge is 0.338 e. The molecule has 0 amide bonds. The Balaban J connectivity index is 1.27. The number of fused-ring (bicyclic) bond motifs is 2. The summed E-state index contributed by atoms with van der Waals surface area (Å²) in [4.78, 5) is 39.2. The zero-order valence-electron chi connectivity index (χ0n) is 22.9. The molecule has 0 aliphatic carbocycles. The molecule has 6 rings (SSSR count). The summed E-state index contributed by atoms with van der Waals surface area (Å²) in [6.07, 6.45) is -7.75. The van der Waals surface area contributed by atoms with Gasteiger partial charge in [0.05, 0.1) is 29.9 Å². The first-order valence-electron chi connectivity index (χ1n) is 13.9. The van der Waals surface area contributed by atoms with E-state index in [1.165, 1.54) is 0 Å². The first kappa shape index (κ1) is 29.0. The van der Waals surface area contributed by atoms with Gasteiger partial charge in [0.15, 0.2) is 18.5 Å². The molecule has 43 heavy (non-hydrogen) atoms. The summed E-state index contributed by atoms with van der Waals surface area (Å²) in [6, 6.07) is 24.9. The van der Waals surface area contributed by atoms with Gasteiger partial charge in [0, 0.05) is 0 Å². The minimum absolute atomic E-state index is 0.0910. The molecule has 0 aromatic heterocycles. The van der Waals surface area contributed by atoms with Gasteiger partial charge in [0.2, 0.25) is 0 Å². The van der Waals surface area contributed by atoms with Crippen molar-refractivity contribution in [2.75, 3.05) is 19.8 Å². The molecular weight excluding hydrogens is 560 g/mol. The van der Waals surface area contributed by atoms with Gasteiger partial charge in [-0.25, -0.2) is 14.4 Å². The Kier molecular flexibility index (Phi) is 8.77. The van der Waals surface area contributed by atoms with E-state index in [9.17, 15) is 19.5 Å². The molecule has 0 saturated carbocycles. The van der Waals surface area contributed by atoms with Crippen molar-refractivity contribution in [2.45, 2.75) is 49.0 Å². The Morgan fingerprint density at radius 2 is 1.23 bits per heavy atom. The van der Waals surface area contributed by atoms with Gasteiger partial charge in [-0.3, -0.25) is 0 Å². The summed E-state index contributed by atoms with van der Waals surface area (Å²) in [5.74, 6) is -2.02. The van der Waals surface area contributed by atoms with Crippen LogP contribution in [0.5, 0.6) is 0 Å². The monoisotopic (exact) mass is 590 g/mol. The second kappa shape index (κ2) is 13.0. The summed E-state index contributed by atoms with van der Waals surface area (Å²) < 4.78 is 41.0. The first-order chi connectivity index (χ1) is 21.0. The fourth-order valence-corrected chi connectivity index (χ4v) is 5.24. The normalized spacial score (nSPS) is 29.5. The highest BCUT2D eigenvalue weighted by molar-refractivity contribution is 5.91. The average Bonchev–Trinajstić information content (AvgIpc) is 3.48. The fourth-order valence-electron chi connectivity index (χ4n) is 5.24. The molecule has 0 spiro atoms. The maximum Gasteiger partial charge on any atom is 0.338 e. The lowest BCUT2D eigenvalue weighted by molar-refractivity contribution is -0.239. The van der Waals surface area contributed by atoms with Crippen LogP contribution in [0, 0.1) is 0 Å². The van der Waals surface area contributed by atoms with Crippen LogP contribution in [-0.2, 0) is 33.2 Å². The summed E-state index contributed by atoms with van der Waals surface area (Å²) in [5, 5.41) is 10.5. The molecule has 3 aromatic carbocycles. The predicted molar refractivity (Wildman–Crippen MR) is 147 cm³/mol. The van der Waals surface area contributed by atoms with E-state index in [1.807, 2.05) is 0 Å². The van der Waals surface area contributed by atoms with Crippen LogP contribution in [0.1, 0.15) is 31.1 Å². The van der Waals surface area contributed by atoms with Crippen LogP contribution >= 0.6 is 0 Å². The second-order valence-electron chi connectivity index (χ2n) is 10.3. The van der Waals surface area contributed by atoms with Gasteiger partial charge in [-0.1, -0.05) is 54.6 Å². The summed E-state index contributed by atoms with van der Waals surface area (Å²) in [7, 11) is 0. The Morgan fingerprint density at radius 1 is 0.698 bits per heavy atom. The molecule has 11 heteroatoms. The molecule has 3 aliphatic rings. The molecular formula is C32H30O11. The Bertz CT molecular complexity index is 1400. The van der Waals surface area contributed by atoms with Crippen LogP contribution in [0.25, 0.3) is 0 Å². The van der Waals surface area contributed by atoms with Gasteiger partial charge in [0.25, 0.3) is 0 Å². The number of carbonyl (C=O) groups is 3. The van der Waals surface area contributed by atoms with Crippen LogP contribution in [-0.4, -0.2) is 91.9 Å². The third-order valence-electron chi connectivity index (χ3n) is 7.48. The van der Waals surface area contributed by atoms with E-state index in [4.69, 9.17) is 33.2 Å². The Morgan fingerprint density at radius 3 is 1.81 bits per heavy atom. The highest BCUT2D eigenvalue weighted by Gasteiger charge is 2.54. The third-order valence-corrected chi connectivity index (χ3v) is 7.48. The number of hydrogen-bond acceptors (Lipinski definition) is 11. The van der Waals surface area contributed by atoms with Gasteiger partial charge in [-0.2, -0.15) is 0 Å². The van der Waals surface area contributed by atoms with Gasteiger partial charge in [0.1, 0.15) is 37.1 Å². The van der Waals surface area contributed by atoms with Crippen LogP contribution < -0.4 is 0 Å². The molecule has 3 fully saturated rings. The van der Waals surface area contributed by atoms with Crippen LogP contribution in [0.3, 0.4) is 0 Å². The lowest BCUT2D eigenvalue weighted by atomic mass is 10.0. The largest absolute Gasteiger partial charge is 0.459 e. The minimum Gasteiger partial charge on any atom is -0.459 e. The quantitative estimate of drug-likeness (QED) is 0.291. The fraction of sp³-hybridized carbons (Fsp3) is 0.344. The van der Waals surface area contributed by atoms with Crippen molar-refractivity contribution in [1.29, 1.82) is 0 Å². The molecule has 224 valence electrons. The van der Waals surface area contributed by atoms with Crippen molar-refractivity contribution in [2.24, 2.45) is 0 Å². The molecule has 3 heterocycles. The molecule has 0 unspecified atom stereocenters. The summed E-state index contributed by atoms with van der Waals surface area (Å²) in [6.45, 7) is -0.0434. The number of carbonyl (C=O) groups excluding carboxylic acids is 3. The molecule has 3 aliphatic heterocycles. The zero-order valence-corrected chi connectivity index (χ0v) is 22.9. The van der Waals surface area contributed by atoms with E-state index in [2.05, 4.69) is 0 Å².